The maximum absolute atomic E-state index is 5.53. The molecule has 0 radical (unpaired) electrons. The Balaban J connectivity index is 1.71. The summed E-state index contributed by atoms with van der Waals surface area (Å²) in [5, 5.41) is 3.59. The Labute approximate surface area is 127 Å². The molecule has 0 aliphatic heterocycles. The first kappa shape index (κ1) is 14.3. The van der Waals surface area contributed by atoms with Crippen molar-refractivity contribution in [3.63, 3.8) is 0 Å². The number of hydrogen-bond donors (Lipinski definition) is 2. The van der Waals surface area contributed by atoms with Crippen LogP contribution in [0.25, 0.3) is 11.1 Å². The second-order valence-corrected chi connectivity index (χ2v) is 5.92. The monoisotopic (exact) mass is 280 g/mol. The molecule has 1 aliphatic rings. The Morgan fingerprint density at radius 1 is 1.05 bits per heavy atom. The molecule has 0 fully saturated rings. The fourth-order valence-corrected chi connectivity index (χ4v) is 3.14. The van der Waals surface area contributed by atoms with Gasteiger partial charge in [-0.05, 0) is 67.1 Å². The van der Waals surface area contributed by atoms with E-state index in [1.165, 1.54) is 27.8 Å². The predicted octanol–water partition coefficient (Wildman–Crippen LogP) is 3.65. The van der Waals surface area contributed by atoms with Gasteiger partial charge in [0.25, 0.3) is 0 Å². The topological polar surface area (TPSA) is 38.0 Å². The maximum Gasteiger partial charge on any atom is 0.0291 e. The molecule has 1 unspecified atom stereocenters. The lowest BCUT2D eigenvalue weighted by Gasteiger charge is -2.15. The Morgan fingerprint density at radius 2 is 1.86 bits per heavy atom. The van der Waals surface area contributed by atoms with Crippen LogP contribution in [0.15, 0.2) is 42.5 Å². The SMILES string of the molecule is CC(NCCCCN)c1ccc2c(c1)Cc1ccccc1-2. The minimum absolute atomic E-state index is 0.400. The second kappa shape index (κ2) is 6.42. The molecule has 0 heterocycles. The van der Waals surface area contributed by atoms with E-state index >= 15 is 0 Å². The molecular formula is C19H24N2. The van der Waals surface area contributed by atoms with E-state index in [2.05, 4.69) is 54.7 Å². The molecule has 0 bridgehead atoms. The van der Waals surface area contributed by atoms with Gasteiger partial charge >= 0.3 is 0 Å². The molecule has 1 aliphatic carbocycles. The molecule has 3 N–H and O–H groups in total. The second-order valence-electron chi connectivity index (χ2n) is 5.92. The molecule has 3 rings (SSSR count). The number of nitrogens with one attached hydrogen (secondary N) is 1. The zero-order valence-electron chi connectivity index (χ0n) is 12.7. The molecule has 1 atom stereocenters. The average Bonchev–Trinajstić information content (AvgIpc) is 2.89. The Hall–Kier alpha value is -1.64. The first-order valence-electron chi connectivity index (χ1n) is 7.94. The highest BCUT2D eigenvalue weighted by Gasteiger charge is 2.18. The van der Waals surface area contributed by atoms with Crippen LogP contribution in [-0.2, 0) is 6.42 Å². The van der Waals surface area contributed by atoms with Crippen LogP contribution >= 0.6 is 0 Å². The van der Waals surface area contributed by atoms with Crippen LogP contribution in [0.3, 0.4) is 0 Å². The summed E-state index contributed by atoms with van der Waals surface area (Å²) in [6.07, 6.45) is 3.32. The molecular weight excluding hydrogens is 256 g/mol. The maximum atomic E-state index is 5.53. The molecule has 2 aromatic rings. The molecule has 21 heavy (non-hydrogen) atoms. The Kier molecular flexibility index (Phi) is 4.37. The lowest BCUT2D eigenvalue weighted by molar-refractivity contribution is 0.548. The predicted molar refractivity (Wildman–Crippen MR) is 89.4 cm³/mol. The van der Waals surface area contributed by atoms with E-state index in [9.17, 15) is 0 Å². The quantitative estimate of drug-likeness (QED) is 0.676. The summed E-state index contributed by atoms with van der Waals surface area (Å²) >= 11 is 0. The minimum Gasteiger partial charge on any atom is -0.330 e. The summed E-state index contributed by atoms with van der Waals surface area (Å²) in [5.74, 6) is 0. The van der Waals surface area contributed by atoms with Gasteiger partial charge in [-0.3, -0.25) is 0 Å². The van der Waals surface area contributed by atoms with Gasteiger partial charge in [-0.25, -0.2) is 0 Å². The van der Waals surface area contributed by atoms with E-state index in [1.807, 2.05) is 0 Å². The molecule has 0 saturated carbocycles. The third-order valence-electron chi connectivity index (χ3n) is 4.40. The van der Waals surface area contributed by atoms with E-state index in [0.29, 0.717) is 6.04 Å². The number of unbranched alkanes of at least 4 members (excludes halogenated alkanes) is 1. The molecule has 0 amide bonds. The fraction of sp³-hybridized carbons (Fsp3) is 0.368. The van der Waals surface area contributed by atoms with Crippen LogP contribution < -0.4 is 11.1 Å². The fourth-order valence-electron chi connectivity index (χ4n) is 3.14. The normalized spacial score (nSPS) is 13.8. The van der Waals surface area contributed by atoms with Crippen molar-refractivity contribution in [1.82, 2.24) is 5.32 Å². The van der Waals surface area contributed by atoms with Crippen LogP contribution in [-0.4, -0.2) is 13.1 Å². The van der Waals surface area contributed by atoms with Gasteiger partial charge in [-0.1, -0.05) is 42.5 Å². The van der Waals surface area contributed by atoms with Crippen LogP contribution in [0, 0.1) is 0 Å². The zero-order chi connectivity index (χ0) is 14.7. The molecule has 2 heteroatoms. The van der Waals surface area contributed by atoms with E-state index in [0.717, 1.165) is 32.4 Å². The Morgan fingerprint density at radius 3 is 2.71 bits per heavy atom. The van der Waals surface area contributed by atoms with Crippen LogP contribution in [0.5, 0.6) is 0 Å². The van der Waals surface area contributed by atoms with Crippen LogP contribution in [0.2, 0.25) is 0 Å². The third kappa shape index (κ3) is 3.02. The summed E-state index contributed by atoms with van der Waals surface area (Å²) in [4.78, 5) is 0. The van der Waals surface area contributed by atoms with Gasteiger partial charge in [0.1, 0.15) is 0 Å². The molecule has 0 saturated heterocycles. The lowest BCUT2D eigenvalue weighted by Crippen LogP contribution is -2.20. The van der Waals surface area contributed by atoms with E-state index < -0.39 is 0 Å². The van der Waals surface area contributed by atoms with Crippen molar-refractivity contribution >= 4 is 0 Å². The van der Waals surface area contributed by atoms with Crippen molar-refractivity contribution in [2.45, 2.75) is 32.2 Å². The van der Waals surface area contributed by atoms with Crippen LogP contribution in [0.1, 0.15) is 42.5 Å². The third-order valence-corrected chi connectivity index (χ3v) is 4.40. The van der Waals surface area contributed by atoms with Crippen molar-refractivity contribution in [3.05, 3.63) is 59.2 Å². The smallest absolute Gasteiger partial charge is 0.0291 e. The molecule has 0 aromatic heterocycles. The van der Waals surface area contributed by atoms with Crippen LogP contribution in [0.4, 0.5) is 0 Å². The number of nitrogens with two attached hydrogens (primary N) is 1. The van der Waals surface area contributed by atoms with Gasteiger partial charge < -0.3 is 11.1 Å². The van der Waals surface area contributed by atoms with Crippen molar-refractivity contribution in [2.75, 3.05) is 13.1 Å². The van der Waals surface area contributed by atoms with E-state index in [-0.39, 0.29) is 0 Å². The summed E-state index contributed by atoms with van der Waals surface area (Å²) in [6, 6.07) is 16.1. The molecule has 110 valence electrons. The molecule has 2 nitrogen and oxygen atoms in total. The summed E-state index contributed by atoms with van der Waals surface area (Å²) in [7, 11) is 0. The number of hydrogen-bond acceptors (Lipinski definition) is 2. The highest BCUT2D eigenvalue weighted by molar-refractivity contribution is 5.76. The highest BCUT2D eigenvalue weighted by atomic mass is 14.9. The average molecular weight is 280 g/mol. The van der Waals surface area contributed by atoms with Gasteiger partial charge in [0.05, 0.1) is 0 Å². The lowest BCUT2D eigenvalue weighted by atomic mass is 10.0. The minimum atomic E-state index is 0.400. The first-order chi connectivity index (χ1) is 10.3. The number of rotatable bonds is 6. The van der Waals surface area contributed by atoms with Gasteiger partial charge in [0.2, 0.25) is 0 Å². The Bertz CT molecular complexity index is 619. The van der Waals surface area contributed by atoms with Crippen molar-refractivity contribution < 1.29 is 0 Å². The molecule has 0 spiro atoms. The van der Waals surface area contributed by atoms with E-state index in [1.54, 1.807) is 0 Å². The number of fused-ring (bicyclic) bond motifs is 3. The van der Waals surface area contributed by atoms with Crippen molar-refractivity contribution in [3.8, 4) is 11.1 Å². The highest BCUT2D eigenvalue weighted by Crippen LogP contribution is 2.37. The first-order valence-corrected chi connectivity index (χ1v) is 7.94. The molecule has 2 aromatic carbocycles. The largest absolute Gasteiger partial charge is 0.330 e. The number of benzene rings is 2. The van der Waals surface area contributed by atoms with E-state index in [4.69, 9.17) is 5.73 Å². The standard InChI is InChI=1S/C19H24N2/c1-14(21-11-5-4-10-20)15-8-9-19-17(12-15)13-16-6-2-3-7-18(16)19/h2-3,6-9,12,14,21H,4-5,10-11,13,20H2,1H3. The van der Waals surface area contributed by atoms with Gasteiger partial charge in [0.15, 0.2) is 0 Å². The summed E-state index contributed by atoms with van der Waals surface area (Å²) in [6.45, 7) is 4.06. The van der Waals surface area contributed by atoms with Gasteiger partial charge in [0, 0.05) is 6.04 Å². The summed E-state index contributed by atoms with van der Waals surface area (Å²) in [5.41, 5.74) is 12.6. The van der Waals surface area contributed by atoms with Crippen molar-refractivity contribution in [2.24, 2.45) is 5.73 Å². The van der Waals surface area contributed by atoms with Gasteiger partial charge in [-0.2, -0.15) is 0 Å². The van der Waals surface area contributed by atoms with Gasteiger partial charge in [-0.15, -0.1) is 0 Å². The van der Waals surface area contributed by atoms with Crippen molar-refractivity contribution in [1.29, 1.82) is 0 Å². The summed E-state index contributed by atoms with van der Waals surface area (Å²) < 4.78 is 0. The zero-order valence-corrected chi connectivity index (χ0v) is 12.7.